The Kier molecular flexibility index (Phi) is 6.72. The van der Waals surface area contributed by atoms with Crippen molar-refractivity contribution >= 4 is 35.2 Å². The molecule has 0 aliphatic carbocycles. The van der Waals surface area contributed by atoms with Crippen molar-refractivity contribution in [3.63, 3.8) is 0 Å². The molecule has 0 heterocycles. The van der Waals surface area contributed by atoms with E-state index in [-0.39, 0.29) is 23.3 Å². The maximum Gasteiger partial charge on any atom is 0.330 e. The van der Waals surface area contributed by atoms with Gasteiger partial charge in [0, 0.05) is 18.6 Å². The van der Waals surface area contributed by atoms with Gasteiger partial charge in [0.05, 0.1) is 26.5 Å². The lowest BCUT2D eigenvalue weighted by Gasteiger charge is -2.16. The quantitative estimate of drug-likeness (QED) is 0.642. The predicted octanol–water partition coefficient (Wildman–Crippen LogP) is 2.89. The first kappa shape index (κ1) is 17.8. The molecule has 0 bridgehead atoms. The second kappa shape index (κ2) is 8.29. The molecule has 0 unspecified atom stereocenters. The van der Waals surface area contributed by atoms with Crippen molar-refractivity contribution in [1.82, 2.24) is 0 Å². The summed E-state index contributed by atoms with van der Waals surface area (Å²) in [6, 6.07) is 1.59. The monoisotopic (exact) mass is 327 g/mol. The maximum absolute atomic E-state index is 11.4. The van der Waals surface area contributed by atoms with Crippen LogP contribution in [0.4, 0.5) is 5.69 Å². The van der Waals surface area contributed by atoms with Crippen LogP contribution in [0.2, 0.25) is 5.02 Å². The second-order valence-corrected chi connectivity index (χ2v) is 4.53. The van der Waals surface area contributed by atoms with E-state index in [2.05, 4.69) is 5.32 Å². The smallest absolute Gasteiger partial charge is 0.330 e. The number of carbonyl (C=O) groups is 2. The minimum Gasteiger partial charge on any atom is -0.495 e. The van der Waals surface area contributed by atoms with Gasteiger partial charge in [-0.3, -0.25) is 4.79 Å². The average Bonchev–Trinajstić information content (AvgIpc) is 2.46. The number of hydrogen-bond acceptors (Lipinski definition) is 5. The molecule has 1 rings (SSSR count). The van der Waals surface area contributed by atoms with Crippen LogP contribution in [-0.4, -0.2) is 32.7 Å². The van der Waals surface area contributed by atoms with Gasteiger partial charge in [0.15, 0.2) is 5.75 Å². The topological polar surface area (TPSA) is 73.9 Å². The van der Waals surface area contributed by atoms with Crippen molar-refractivity contribution in [2.45, 2.75) is 13.8 Å². The first-order chi connectivity index (χ1) is 10.4. The molecular formula is C15H18ClNO5. The molecule has 22 heavy (non-hydrogen) atoms. The summed E-state index contributed by atoms with van der Waals surface area (Å²) in [4.78, 5) is 22.8. The molecule has 1 amide bonds. The normalized spacial score (nSPS) is 10.4. The minimum atomic E-state index is -0.496. The molecule has 0 aliphatic heterocycles. The van der Waals surface area contributed by atoms with Gasteiger partial charge in [-0.2, -0.15) is 0 Å². The molecule has 7 heteroatoms. The van der Waals surface area contributed by atoms with E-state index in [4.69, 9.17) is 25.8 Å². The van der Waals surface area contributed by atoms with Crippen LogP contribution in [0.1, 0.15) is 19.4 Å². The highest BCUT2D eigenvalue weighted by Gasteiger charge is 2.18. The summed E-state index contributed by atoms with van der Waals surface area (Å²) < 4.78 is 15.2. The van der Waals surface area contributed by atoms with Gasteiger partial charge in [0.25, 0.3) is 0 Å². The summed E-state index contributed by atoms with van der Waals surface area (Å²) in [6.45, 7) is 3.34. The lowest BCUT2D eigenvalue weighted by molar-refractivity contribution is -0.137. The van der Waals surface area contributed by atoms with E-state index in [1.165, 1.54) is 33.3 Å². The van der Waals surface area contributed by atoms with Crippen molar-refractivity contribution in [3.8, 4) is 11.5 Å². The highest BCUT2D eigenvalue weighted by atomic mass is 35.5. The van der Waals surface area contributed by atoms with Crippen LogP contribution in [-0.2, 0) is 14.3 Å². The van der Waals surface area contributed by atoms with Crippen molar-refractivity contribution in [3.05, 3.63) is 22.7 Å². The Balaban J connectivity index is 3.38. The van der Waals surface area contributed by atoms with Gasteiger partial charge in [-0.15, -0.1) is 0 Å². The molecule has 6 nitrogen and oxygen atoms in total. The maximum atomic E-state index is 11.4. The van der Waals surface area contributed by atoms with Crippen molar-refractivity contribution in [2.24, 2.45) is 0 Å². The summed E-state index contributed by atoms with van der Waals surface area (Å²) in [5.74, 6) is -0.190. The summed E-state index contributed by atoms with van der Waals surface area (Å²) in [5.41, 5.74) is 0.850. The fourth-order valence-corrected chi connectivity index (χ4v) is 2.06. The minimum absolute atomic E-state index is 0.224. The van der Waals surface area contributed by atoms with E-state index in [9.17, 15) is 9.59 Å². The number of methoxy groups -OCH3 is 2. The number of amides is 1. The largest absolute Gasteiger partial charge is 0.495 e. The van der Waals surface area contributed by atoms with Gasteiger partial charge in [-0.05, 0) is 19.1 Å². The van der Waals surface area contributed by atoms with E-state index < -0.39 is 5.97 Å². The molecule has 0 aliphatic rings. The Hall–Kier alpha value is -2.21. The Morgan fingerprint density at radius 3 is 2.50 bits per heavy atom. The molecule has 1 N–H and O–H groups in total. The SMILES string of the molecule is CCOC(=O)C=Cc1cc(OC)c(Cl)c(OC)c1NC(C)=O. The highest BCUT2D eigenvalue weighted by Crippen LogP contribution is 2.43. The van der Waals surface area contributed by atoms with Crippen LogP contribution in [0.15, 0.2) is 12.1 Å². The zero-order chi connectivity index (χ0) is 16.7. The first-order valence-electron chi connectivity index (χ1n) is 6.51. The molecule has 0 aromatic heterocycles. The van der Waals surface area contributed by atoms with E-state index in [1.54, 1.807) is 13.0 Å². The number of nitrogens with one attached hydrogen (secondary N) is 1. The number of esters is 1. The number of anilines is 1. The predicted molar refractivity (Wildman–Crippen MR) is 84.5 cm³/mol. The van der Waals surface area contributed by atoms with E-state index in [1.807, 2.05) is 0 Å². The fourth-order valence-electron chi connectivity index (χ4n) is 1.75. The first-order valence-corrected chi connectivity index (χ1v) is 6.89. The van der Waals surface area contributed by atoms with Crippen LogP contribution < -0.4 is 14.8 Å². The molecule has 0 saturated heterocycles. The molecule has 1 aromatic rings. The lowest BCUT2D eigenvalue weighted by Crippen LogP contribution is -2.09. The average molecular weight is 328 g/mol. The highest BCUT2D eigenvalue weighted by molar-refractivity contribution is 6.34. The van der Waals surface area contributed by atoms with Crippen molar-refractivity contribution in [2.75, 3.05) is 26.1 Å². The van der Waals surface area contributed by atoms with E-state index >= 15 is 0 Å². The van der Waals surface area contributed by atoms with Crippen molar-refractivity contribution in [1.29, 1.82) is 0 Å². The van der Waals surface area contributed by atoms with Gasteiger partial charge < -0.3 is 19.5 Å². The Bertz CT molecular complexity index is 598. The summed E-state index contributed by atoms with van der Waals surface area (Å²) >= 11 is 6.17. The fraction of sp³-hybridized carbons (Fsp3) is 0.333. The van der Waals surface area contributed by atoms with Gasteiger partial charge >= 0.3 is 5.97 Å². The lowest BCUT2D eigenvalue weighted by atomic mass is 10.1. The Labute approximate surface area is 134 Å². The van der Waals surface area contributed by atoms with Crippen LogP contribution >= 0.6 is 11.6 Å². The Morgan fingerprint density at radius 2 is 2.00 bits per heavy atom. The molecule has 0 spiro atoms. The third-order valence-corrected chi connectivity index (χ3v) is 2.99. The van der Waals surface area contributed by atoms with E-state index in [0.29, 0.717) is 17.0 Å². The van der Waals surface area contributed by atoms with Gasteiger partial charge in [-0.25, -0.2) is 4.79 Å². The number of benzene rings is 1. The molecule has 0 radical (unpaired) electrons. The number of carbonyl (C=O) groups excluding carboxylic acids is 2. The zero-order valence-electron chi connectivity index (χ0n) is 12.9. The van der Waals surface area contributed by atoms with Gasteiger partial charge in [0.1, 0.15) is 10.8 Å². The number of rotatable bonds is 6. The van der Waals surface area contributed by atoms with Crippen LogP contribution in [0.3, 0.4) is 0 Å². The third kappa shape index (κ3) is 4.39. The molecule has 120 valence electrons. The summed E-state index contributed by atoms with van der Waals surface area (Å²) in [7, 11) is 2.88. The number of halogens is 1. The molecular weight excluding hydrogens is 310 g/mol. The molecule has 0 fully saturated rings. The van der Waals surface area contributed by atoms with Crippen LogP contribution in [0.25, 0.3) is 6.08 Å². The third-order valence-electron chi connectivity index (χ3n) is 2.63. The number of ether oxygens (including phenoxy) is 3. The molecule has 0 atom stereocenters. The standard InChI is InChI=1S/C15H18ClNO5/c1-5-22-12(19)7-6-10-8-11(20-3)13(16)15(21-4)14(10)17-9(2)18/h6-8H,5H2,1-4H3,(H,17,18). The molecule has 0 saturated carbocycles. The van der Waals surface area contributed by atoms with Crippen LogP contribution in [0.5, 0.6) is 11.5 Å². The van der Waals surface area contributed by atoms with Crippen LogP contribution in [0, 0.1) is 0 Å². The second-order valence-electron chi connectivity index (χ2n) is 4.16. The van der Waals surface area contributed by atoms with Crippen molar-refractivity contribution < 1.29 is 23.8 Å². The zero-order valence-corrected chi connectivity index (χ0v) is 13.6. The van der Waals surface area contributed by atoms with Gasteiger partial charge in [0.2, 0.25) is 5.91 Å². The van der Waals surface area contributed by atoms with E-state index in [0.717, 1.165) is 0 Å². The number of hydrogen-bond donors (Lipinski definition) is 1. The summed E-state index contributed by atoms with van der Waals surface area (Å²) in [6.07, 6.45) is 2.74. The Morgan fingerprint density at radius 1 is 1.32 bits per heavy atom. The summed E-state index contributed by atoms with van der Waals surface area (Å²) in [5, 5.41) is 2.86. The van der Waals surface area contributed by atoms with Gasteiger partial charge in [-0.1, -0.05) is 11.6 Å². The molecule has 1 aromatic carbocycles.